The first-order chi connectivity index (χ1) is 18.0. The minimum Gasteiger partial charge on any atom is -0.462 e. The lowest BCUT2D eigenvalue weighted by atomic mass is 9.66. The number of aryl methyl sites for hydroxylation is 1. The Hall–Kier alpha value is -3.18. The molecular formula is C25H31FN5O6P. The second-order valence-corrected chi connectivity index (χ2v) is 11.1. The molecule has 13 heteroatoms. The second kappa shape index (κ2) is 11.3. The van der Waals surface area contributed by atoms with Gasteiger partial charge in [-0.3, -0.25) is 9.32 Å². The molecule has 0 radical (unpaired) electrons. The molecule has 5 atom stereocenters. The maximum Gasteiger partial charge on any atom is 0.459 e. The summed E-state index contributed by atoms with van der Waals surface area (Å²) in [5, 5.41) is 12.8. The number of aliphatic hydroxyl groups is 1. The molecule has 2 unspecified atom stereocenters. The summed E-state index contributed by atoms with van der Waals surface area (Å²) < 4.78 is 46.0. The van der Waals surface area contributed by atoms with Crippen LogP contribution >= 0.6 is 7.75 Å². The molecule has 2 aromatic heterocycles. The number of ether oxygens (including phenoxy) is 1. The summed E-state index contributed by atoms with van der Waals surface area (Å²) in [5.74, 6) is -1.16. The minimum absolute atomic E-state index is 0.126. The third kappa shape index (κ3) is 5.78. The standard InChI is InChI=1S/C25H31FN5O6P/c1-14(2)36-24(33)17(5)30-38(34,37-18-9-7-6-8-10-18)35-12-20-15(3)22(19(20)11-32)31-13-27-21-16(4)28-25(26)29-23(21)31/h6-10,13-14,17,19-20,22,32H,3,11-12H2,1-2,4-5H3,(H,30,34)/t17?,19-,20+,22-,38?/m1/s1. The van der Waals surface area contributed by atoms with Crippen LogP contribution in [0.2, 0.25) is 0 Å². The number of aliphatic hydroxyl groups excluding tert-OH is 1. The van der Waals surface area contributed by atoms with Crippen LogP contribution < -0.4 is 9.61 Å². The molecule has 0 aliphatic heterocycles. The van der Waals surface area contributed by atoms with Gasteiger partial charge in [0.2, 0.25) is 0 Å². The van der Waals surface area contributed by atoms with Crippen molar-refractivity contribution in [3.63, 3.8) is 0 Å². The van der Waals surface area contributed by atoms with E-state index in [1.807, 2.05) is 0 Å². The van der Waals surface area contributed by atoms with E-state index in [9.17, 15) is 18.9 Å². The third-order valence-corrected chi connectivity index (χ3v) is 7.95. The average molecular weight is 548 g/mol. The quantitative estimate of drug-likeness (QED) is 0.158. The van der Waals surface area contributed by atoms with E-state index in [4.69, 9.17) is 13.8 Å². The number of aromatic nitrogens is 4. The summed E-state index contributed by atoms with van der Waals surface area (Å²) in [5.41, 5.74) is 1.78. The molecule has 2 heterocycles. The number of fused-ring (bicyclic) bond motifs is 1. The fourth-order valence-electron chi connectivity index (χ4n) is 4.45. The van der Waals surface area contributed by atoms with E-state index in [0.717, 1.165) is 0 Å². The SMILES string of the molecule is C=C1[C@@H](n2cnc3c(C)nc(F)nc32)[C@H](CO)[C@H]1COP(=O)(NC(C)C(=O)OC(C)C)Oc1ccccc1. The van der Waals surface area contributed by atoms with Gasteiger partial charge in [0, 0.05) is 18.4 Å². The van der Waals surface area contributed by atoms with Crippen molar-refractivity contribution in [2.45, 2.75) is 45.9 Å². The van der Waals surface area contributed by atoms with E-state index in [2.05, 4.69) is 26.6 Å². The number of carbonyl (C=O) groups excluding carboxylic acids is 1. The van der Waals surface area contributed by atoms with Gasteiger partial charge in [0.1, 0.15) is 17.3 Å². The predicted octanol–water partition coefficient (Wildman–Crippen LogP) is 3.74. The molecule has 1 aliphatic rings. The molecule has 11 nitrogen and oxygen atoms in total. The average Bonchev–Trinajstić information content (AvgIpc) is 3.25. The van der Waals surface area contributed by atoms with Gasteiger partial charge in [-0.15, -0.1) is 0 Å². The molecule has 0 bridgehead atoms. The lowest BCUT2D eigenvalue weighted by Gasteiger charge is -2.46. The number of para-hydroxylation sites is 1. The van der Waals surface area contributed by atoms with E-state index in [1.165, 1.54) is 13.3 Å². The van der Waals surface area contributed by atoms with E-state index >= 15 is 0 Å². The van der Waals surface area contributed by atoms with Crippen molar-refractivity contribution >= 4 is 24.9 Å². The highest BCUT2D eigenvalue weighted by molar-refractivity contribution is 7.52. The van der Waals surface area contributed by atoms with E-state index in [0.29, 0.717) is 16.8 Å². The highest BCUT2D eigenvalue weighted by atomic mass is 31.2. The summed E-state index contributed by atoms with van der Waals surface area (Å²) in [4.78, 5) is 24.2. The van der Waals surface area contributed by atoms with Gasteiger partial charge in [-0.25, -0.2) is 14.5 Å². The summed E-state index contributed by atoms with van der Waals surface area (Å²) in [6, 6.07) is 6.98. The number of hydrogen-bond acceptors (Lipinski definition) is 9. The summed E-state index contributed by atoms with van der Waals surface area (Å²) in [7, 11) is -4.09. The van der Waals surface area contributed by atoms with Gasteiger partial charge in [-0.1, -0.05) is 24.8 Å². The Labute approximate surface area is 219 Å². The fourth-order valence-corrected chi connectivity index (χ4v) is 5.97. The highest BCUT2D eigenvalue weighted by Gasteiger charge is 2.47. The zero-order valence-corrected chi connectivity index (χ0v) is 22.5. The van der Waals surface area contributed by atoms with E-state index in [-0.39, 0.29) is 30.7 Å². The van der Waals surface area contributed by atoms with Crippen LogP contribution in [0, 0.1) is 24.8 Å². The molecule has 0 amide bonds. The Kier molecular flexibility index (Phi) is 8.27. The van der Waals surface area contributed by atoms with Crippen molar-refractivity contribution in [1.29, 1.82) is 0 Å². The number of benzene rings is 1. The Morgan fingerprint density at radius 2 is 1.97 bits per heavy atom. The Morgan fingerprint density at radius 1 is 1.26 bits per heavy atom. The van der Waals surface area contributed by atoms with Crippen molar-refractivity contribution in [3.05, 3.63) is 60.6 Å². The Morgan fingerprint density at radius 3 is 2.63 bits per heavy atom. The Balaban J connectivity index is 1.52. The van der Waals surface area contributed by atoms with Crippen molar-refractivity contribution in [2.75, 3.05) is 13.2 Å². The van der Waals surface area contributed by atoms with Gasteiger partial charge in [-0.2, -0.15) is 14.5 Å². The second-order valence-electron chi connectivity index (χ2n) is 9.41. The van der Waals surface area contributed by atoms with Crippen molar-refractivity contribution in [3.8, 4) is 5.75 Å². The predicted molar refractivity (Wildman–Crippen MR) is 137 cm³/mol. The number of esters is 1. The van der Waals surface area contributed by atoms with E-state index < -0.39 is 43.7 Å². The molecule has 1 aromatic carbocycles. The third-order valence-electron chi connectivity index (χ3n) is 6.31. The maximum atomic E-state index is 13.9. The first-order valence-corrected chi connectivity index (χ1v) is 13.7. The number of carbonyl (C=O) groups is 1. The number of nitrogens with one attached hydrogen (secondary N) is 1. The lowest BCUT2D eigenvalue weighted by molar-refractivity contribution is -0.149. The molecule has 0 spiro atoms. The van der Waals surface area contributed by atoms with Gasteiger partial charge in [0.25, 0.3) is 0 Å². The molecular weight excluding hydrogens is 516 g/mol. The molecule has 3 aromatic rings. The molecule has 4 rings (SSSR count). The van der Waals surface area contributed by atoms with Gasteiger partial charge >= 0.3 is 19.8 Å². The molecule has 38 heavy (non-hydrogen) atoms. The fraction of sp³-hybridized carbons (Fsp3) is 0.440. The number of rotatable bonds is 11. The zero-order chi connectivity index (χ0) is 27.6. The van der Waals surface area contributed by atoms with Gasteiger partial charge < -0.3 is 18.9 Å². The topological polar surface area (TPSA) is 138 Å². The largest absolute Gasteiger partial charge is 0.462 e. The van der Waals surface area contributed by atoms with Crippen LogP contribution in [0.3, 0.4) is 0 Å². The van der Waals surface area contributed by atoms with Gasteiger partial charge in [0.15, 0.2) is 5.65 Å². The molecule has 1 aliphatic carbocycles. The van der Waals surface area contributed by atoms with Gasteiger partial charge in [0.05, 0.1) is 30.8 Å². The number of imidazole rings is 1. The summed E-state index contributed by atoms with van der Waals surface area (Å²) in [6.07, 6.45) is 0.274. The first kappa shape index (κ1) is 27.8. The Bertz CT molecular complexity index is 1370. The monoisotopic (exact) mass is 547 g/mol. The molecule has 1 saturated carbocycles. The lowest BCUT2D eigenvalue weighted by Crippen LogP contribution is -2.45. The summed E-state index contributed by atoms with van der Waals surface area (Å²) >= 11 is 0. The van der Waals surface area contributed by atoms with Crippen molar-refractivity contribution in [1.82, 2.24) is 24.6 Å². The smallest absolute Gasteiger partial charge is 0.459 e. The normalized spacial score (nSPS) is 21.7. The van der Waals surface area contributed by atoms with Crippen LogP contribution in [0.25, 0.3) is 11.2 Å². The van der Waals surface area contributed by atoms with Crippen LogP contribution in [0.1, 0.15) is 32.5 Å². The maximum absolute atomic E-state index is 13.9. The number of nitrogens with zero attached hydrogens (tertiary/aromatic N) is 4. The minimum atomic E-state index is -4.09. The molecule has 2 N–H and O–H groups in total. The number of halogens is 1. The van der Waals surface area contributed by atoms with E-state index in [1.54, 1.807) is 55.7 Å². The zero-order valence-electron chi connectivity index (χ0n) is 21.6. The van der Waals surface area contributed by atoms with Crippen LogP contribution in [-0.2, 0) is 18.6 Å². The van der Waals surface area contributed by atoms with Crippen LogP contribution in [0.4, 0.5) is 4.39 Å². The van der Waals surface area contributed by atoms with Crippen LogP contribution in [-0.4, -0.2) is 56.0 Å². The van der Waals surface area contributed by atoms with Crippen molar-refractivity contribution < 1.29 is 32.6 Å². The first-order valence-electron chi connectivity index (χ1n) is 12.2. The molecule has 204 valence electrons. The van der Waals surface area contributed by atoms with Crippen molar-refractivity contribution in [2.24, 2.45) is 11.8 Å². The summed E-state index contributed by atoms with van der Waals surface area (Å²) in [6.45, 7) is 10.3. The molecule has 1 fully saturated rings. The number of hydrogen-bond donors (Lipinski definition) is 2. The van der Waals surface area contributed by atoms with Crippen LogP contribution in [0.15, 0.2) is 48.8 Å². The van der Waals surface area contributed by atoms with Crippen LogP contribution in [0.5, 0.6) is 5.75 Å². The van der Waals surface area contributed by atoms with Gasteiger partial charge in [-0.05, 0) is 45.4 Å². The molecule has 0 saturated heterocycles. The highest BCUT2D eigenvalue weighted by Crippen LogP contribution is 2.52.